The van der Waals surface area contributed by atoms with E-state index in [1.165, 1.54) is 0 Å². The van der Waals surface area contributed by atoms with Crippen molar-refractivity contribution < 1.29 is 26.9 Å². The molecule has 0 spiro atoms. The van der Waals surface area contributed by atoms with Gasteiger partial charge < -0.3 is 0 Å². The van der Waals surface area contributed by atoms with Gasteiger partial charge in [-0.1, -0.05) is 0 Å². The maximum Gasteiger partial charge on any atom is 0 e. The predicted molar refractivity (Wildman–Crippen MR) is 25.5 cm³/mol. The van der Waals surface area contributed by atoms with Crippen LogP contribution in [0.25, 0.3) is 0 Å². The van der Waals surface area contributed by atoms with Crippen LogP contribution in [0.4, 0.5) is 0 Å². The Kier molecular flexibility index (Phi) is 65.9. The zero-order chi connectivity index (χ0) is 4.12. The van der Waals surface area contributed by atoms with E-state index in [9.17, 15) is 7.61 Å². The molecule has 0 aromatic rings. The summed E-state index contributed by atoms with van der Waals surface area (Å²) in [4.78, 5) is 0. The summed E-state index contributed by atoms with van der Waals surface area (Å²) in [5, 5.41) is 0. The zero-order valence-corrected chi connectivity index (χ0v) is 9.22. The van der Waals surface area contributed by atoms with Gasteiger partial charge in [-0.15, -0.1) is 0 Å². The third-order valence-corrected chi connectivity index (χ3v) is 1.00. The molecule has 0 aliphatic heterocycles. The molecular weight excluding hydrogens is 216 g/mol. The first kappa shape index (κ1) is 22.6. The summed E-state index contributed by atoms with van der Waals surface area (Å²) in [6.07, 6.45) is 0. The Morgan fingerprint density at radius 3 is 1.38 bits per heavy atom. The Bertz CT molecular complexity index is 43.8. The molecule has 0 heterocycles. The molecule has 0 saturated carbocycles. The minimum atomic E-state index is -1.24. The van der Waals surface area contributed by atoms with Crippen LogP contribution in [-0.2, 0) is 26.9 Å². The zero-order valence-electron chi connectivity index (χ0n) is 3.77. The minimum absolute atomic E-state index is 0. The van der Waals surface area contributed by atoms with Crippen LogP contribution in [0, 0.1) is 0 Å². The standard InChI is InChI=1S/3Al.Ni.3O.Si. The Balaban J connectivity index is -0.0000000267. The van der Waals surface area contributed by atoms with Crippen LogP contribution in [0.2, 0.25) is 0 Å². The van der Waals surface area contributed by atoms with E-state index >= 15 is 0 Å². The molecule has 0 bridgehead atoms. The molecule has 0 saturated heterocycles. The second kappa shape index (κ2) is 23.3. The SMILES string of the molecule is [Al].[Ni].[O]=[Al][O][Al]=[O].[Si]. The Morgan fingerprint density at radius 2 is 1.38 bits per heavy atom. The molecular formula is Al3NiO3Si. The molecule has 41 valence electrons. The third-order valence-electron chi connectivity index (χ3n) is 0.111. The van der Waals surface area contributed by atoms with E-state index in [1.807, 2.05) is 0 Å². The summed E-state index contributed by atoms with van der Waals surface area (Å²) >= 11 is -2.48. The number of rotatable bonds is 2. The topological polar surface area (TPSA) is 43.4 Å². The van der Waals surface area contributed by atoms with Crippen molar-refractivity contribution >= 4 is 59.3 Å². The molecule has 0 fully saturated rings. The van der Waals surface area contributed by atoms with Crippen molar-refractivity contribution in [1.29, 1.82) is 0 Å². The van der Waals surface area contributed by atoms with Crippen LogP contribution in [0.1, 0.15) is 0 Å². The summed E-state index contributed by atoms with van der Waals surface area (Å²) in [5.41, 5.74) is 0. The van der Waals surface area contributed by atoms with Crippen LogP contribution in [0.15, 0.2) is 0 Å². The second-order valence-corrected chi connectivity index (χ2v) is 1.80. The second-order valence-electron chi connectivity index (χ2n) is 0.329. The van der Waals surface area contributed by atoms with Gasteiger partial charge in [-0.25, -0.2) is 0 Å². The van der Waals surface area contributed by atoms with Crippen molar-refractivity contribution in [2.45, 2.75) is 0 Å². The van der Waals surface area contributed by atoms with Crippen molar-refractivity contribution in [2.75, 3.05) is 0 Å². The van der Waals surface area contributed by atoms with Crippen LogP contribution in [0.5, 0.6) is 0 Å². The molecule has 0 N–H and O–H groups in total. The van der Waals surface area contributed by atoms with Crippen LogP contribution in [0.3, 0.4) is 0 Å². The Morgan fingerprint density at radius 1 is 1.12 bits per heavy atom. The normalized spacial score (nSPS) is 2.50. The molecule has 0 rings (SSSR count). The van der Waals surface area contributed by atoms with Crippen LogP contribution in [-0.4, -0.2) is 59.3 Å². The first-order valence-electron chi connectivity index (χ1n) is 0.943. The molecule has 0 amide bonds. The molecule has 8 heteroatoms. The van der Waals surface area contributed by atoms with Gasteiger partial charge in [0.1, 0.15) is 0 Å². The van der Waals surface area contributed by atoms with E-state index in [0.29, 0.717) is 0 Å². The maximum absolute atomic E-state index is 9.21. The Hall–Kier alpha value is 1.71. The molecule has 0 atom stereocenters. The summed E-state index contributed by atoms with van der Waals surface area (Å²) in [7, 11) is 0. The summed E-state index contributed by atoms with van der Waals surface area (Å²) in [6, 6.07) is 0. The maximum atomic E-state index is 9.21. The van der Waals surface area contributed by atoms with Crippen molar-refractivity contribution in [1.82, 2.24) is 0 Å². The molecule has 0 aliphatic rings. The summed E-state index contributed by atoms with van der Waals surface area (Å²) < 4.78 is 22.3. The van der Waals surface area contributed by atoms with Gasteiger partial charge in [0.15, 0.2) is 0 Å². The minimum Gasteiger partial charge on any atom is 0 e. The van der Waals surface area contributed by atoms with Gasteiger partial charge >= 0.3 is 41.4 Å². The molecule has 0 aliphatic carbocycles. The van der Waals surface area contributed by atoms with Gasteiger partial charge in [0, 0.05) is 44.8 Å². The largest absolute Gasteiger partial charge is 0 e. The van der Waals surface area contributed by atoms with Crippen LogP contribution >= 0.6 is 0 Å². The van der Waals surface area contributed by atoms with E-state index in [2.05, 4.69) is 2.84 Å². The first-order valence-corrected chi connectivity index (χ1v) is 2.83. The van der Waals surface area contributed by atoms with E-state index in [4.69, 9.17) is 0 Å². The molecule has 8 heavy (non-hydrogen) atoms. The fourth-order valence-corrected chi connectivity index (χ4v) is 0.204. The Labute approximate surface area is 85.5 Å². The predicted octanol–water partition coefficient (Wildman–Crippen LogP) is -1.83. The molecule has 7 radical (unpaired) electrons. The van der Waals surface area contributed by atoms with Gasteiger partial charge in [-0.3, -0.25) is 0 Å². The fraction of sp³-hybridized carbons (Fsp3) is 0. The number of hydrogen-bond donors (Lipinski definition) is 0. The smallest absolute Gasteiger partial charge is 0 e. The van der Waals surface area contributed by atoms with Gasteiger partial charge in [-0.05, 0) is 0 Å². The van der Waals surface area contributed by atoms with Gasteiger partial charge in [-0.2, -0.15) is 0 Å². The fourth-order valence-electron chi connectivity index (χ4n) is 0.0227. The average Bonchev–Trinajstić information content (AvgIpc) is 1.41. The molecule has 0 aromatic heterocycles. The monoisotopic (exact) mass is 215 g/mol. The van der Waals surface area contributed by atoms with E-state index in [1.54, 1.807) is 0 Å². The molecule has 0 unspecified atom stereocenters. The van der Waals surface area contributed by atoms with Crippen molar-refractivity contribution in [3.63, 3.8) is 0 Å². The summed E-state index contributed by atoms with van der Waals surface area (Å²) in [6.45, 7) is 0. The van der Waals surface area contributed by atoms with E-state index < -0.39 is 31.0 Å². The average molecular weight is 216 g/mol. The van der Waals surface area contributed by atoms with Crippen molar-refractivity contribution in [2.24, 2.45) is 0 Å². The molecule has 0 aromatic carbocycles. The summed E-state index contributed by atoms with van der Waals surface area (Å²) in [5.74, 6) is 0. The van der Waals surface area contributed by atoms with E-state index in [0.717, 1.165) is 0 Å². The van der Waals surface area contributed by atoms with Crippen molar-refractivity contribution in [3.05, 3.63) is 0 Å². The number of hydrogen-bond acceptors (Lipinski definition) is 3. The van der Waals surface area contributed by atoms with E-state index in [-0.39, 0.29) is 44.8 Å². The van der Waals surface area contributed by atoms with Gasteiger partial charge in [0.25, 0.3) is 0 Å². The van der Waals surface area contributed by atoms with Gasteiger partial charge in [0.2, 0.25) is 0 Å². The van der Waals surface area contributed by atoms with Crippen LogP contribution < -0.4 is 0 Å². The van der Waals surface area contributed by atoms with Gasteiger partial charge in [0.05, 0.1) is 0 Å². The molecule has 3 nitrogen and oxygen atoms in total. The quantitative estimate of drug-likeness (QED) is 0.509. The van der Waals surface area contributed by atoms with Crippen molar-refractivity contribution in [3.8, 4) is 0 Å². The third kappa shape index (κ3) is 25.2. The first-order chi connectivity index (χ1) is 2.41.